The first-order chi connectivity index (χ1) is 26.0. The van der Waals surface area contributed by atoms with Gasteiger partial charge in [0.05, 0.1) is 48.8 Å². The van der Waals surface area contributed by atoms with Crippen molar-refractivity contribution in [1.29, 1.82) is 0 Å². The van der Waals surface area contributed by atoms with Gasteiger partial charge in [-0.2, -0.15) is 5.01 Å². The summed E-state index contributed by atoms with van der Waals surface area (Å²) in [6, 6.07) is 21.8. The van der Waals surface area contributed by atoms with Crippen LogP contribution in [-0.2, 0) is 24.6 Å². The third-order valence-electron chi connectivity index (χ3n) is 11.5. The molecule has 0 unspecified atom stereocenters. The molecule has 2 aliphatic heterocycles. The molecule has 2 saturated heterocycles. The van der Waals surface area contributed by atoms with E-state index in [1.54, 1.807) is 60.7 Å². The maximum absolute atomic E-state index is 15.4. The van der Waals surface area contributed by atoms with Crippen LogP contribution in [0.2, 0.25) is 5.02 Å². The summed E-state index contributed by atoms with van der Waals surface area (Å²) in [5.41, 5.74) is 4.02. The number of hydrazine groups is 1. The lowest BCUT2D eigenvalue weighted by Crippen LogP contribution is -2.53. The van der Waals surface area contributed by atoms with Crippen LogP contribution in [0, 0.1) is 29.5 Å². The standard InChI is InChI=1S/C42H35ClFN3O7/c1-4-22-5-15-27(16-6-22)46-38(49)30-18-17-29-31(35(30)40(46)51)21-32-39(50)47(45-26-13-11-25(44)12-14-26)41(52)42(32,23-7-9-24(43)10-8-23)37(29)36-33(48)19-28(53-2)20-34(36)54-3/h4-17,19-20,30-32,35,37,45,48H,1,18,21H2,2-3H3/t30-,31+,32-,35-,37+,42+/m0/s1. The molecule has 3 fully saturated rings. The number of benzene rings is 4. The monoisotopic (exact) mass is 747 g/mol. The normalized spacial score (nSPS) is 25.9. The third kappa shape index (κ3) is 5.13. The summed E-state index contributed by atoms with van der Waals surface area (Å²) in [6.45, 7) is 3.78. The smallest absolute Gasteiger partial charge is 0.260 e. The Morgan fingerprint density at radius 2 is 1.61 bits per heavy atom. The van der Waals surface area contributed by atoms with Gasteiger partial charge in [0.1, 0.15) is 23.1 Å². The zero-order valence-corrected chi connectivity index (χ0v) is 30.0. The molecule has 10 nitrogen and oxygen atoms in total. The van der Waals surface area contributed by atoms with Crippen molar-refractivity contribution >= 4 is 52.7 Å². The number of allylic oxidation sites excluding steroid dienone is 2. The highest BCUT2D eigenvalue weighted by molar-refractivity contribution is 6.30. The number of phenols is 1. The van der Waals surface area contributed by atoms with E-state index in [1.807, 2.05) is 6.08 Å². The van der Waals surface area contributed by atoms with Crippen LogP contribution in [0.5, 0.6) is 17.2 Å². The maximum Gasteiger partial charge on any atom is 0.260 e. The maximum atomic E-state index is 15.4. The quantitative estimate of drug-likeness (QED) is 0.145. The van der Waals surface area contributed by atoms with E-state index in [1.165, 1.54) is 49.5 Å². The fraction of sp³-hybridized carbons (Fsp3) is 0.238. The molecule has 8 rings (SSSR count). The molecule has 0 bridgehead atoms. The number of nitrogens with one attached hydrogen (secondary N) is 1. The fourth-order valence-electron chi connectivity index (χ4n) is 9.15. The van der Waals surface area contributed by atoms with Crippen LogP contribution in [0.25, 0.3) is 6.08 Å². The topological polar surface area (TPSA) is 125 Å². The van der Waals surface area contributed by atoms with Crippen molar-refractivity contribution in [2.75, 3.05) is 24.5 Å². The van der Waals surface area contributed by atoms with Crippen molar-refractivity contribution < 1.29 is 38.1 Å². The zero-order valence-electron chi connectivity index (χ0n) is 29.3. The van der Waals surface area contributed by atoms with Gasteiger partial charge in [0, 0.05) is 28.6 Å². The number of aromatic hydroxyl groups is 1. The molecule has 12 heteroatoms. The predicted molar refractivity (Wildman–Crippen MR) is 199 cm³/mol. The molecular weight excluding hydrogens is 713 g/mol. The molecule has 0 spiro atoms. The first-order valence-electron chi connectivity index (χ1n) is 17.4. The number of amides is 4. The Balaban J connectivity index is 1.35. The fourth-order valence-corrected chi connectivity index (χ4v) is 9.27. The second-order valence-electron chi connectivity index (χ2n) is 13.9. The number of nitrogens with zero attached hydrogens (tertiary/aromatic N) is 2. The van der Waals surface area contributed by atoms with Crippen molar-refractivity contribution in [3.05, 3.63) is 131 Å². The highest BCUT2D eigenvalue weighted by Gasteiger charge is 2.71. The highest BCUT2D eigenvalue weighted by atomic mass is 35.5. The summed E-state index contributed by atoms with van der Waals surface area (Å²) < 4.78 is 25.3. The molecule has 4 aromatic carbocycles. The lowest BCUT2D eigenvalue weighted by atomic mass is 9.49. The average molecular weight is 748 g/mol. The number of hydrogen-bond acceptors (Lipinski definition) is 8. The summed E-state index contributed by atoms with van der Waals surface area (Å²) >= 11 is 6.38. The summed E-state index contributed by atoms with van der Waals surface area (Å²) in [5.74, 6) is -6.73. The van der Waals surface area contributed by atoms with Gasteiger partial charge >= 0.3 is 0 Å². The molecular formula is C42H35ClFN3O7. The van der Waals surface area contributed by atoms with Crippen LogP contribution in [-0.4, -0.2) is 48.0 Å². The molecule has 1 saturated carbocycles. The SMILES string of the molecule is C=Cc1ccc(N2C(=O)[C@H]3[C@H](CC=C4[C@H]3C[C@H]3C(=O)N(Nc5ccc(F)cc5)C(=O)[C@@]3(c3ccc(Cl)cc3)[C@H]4c3c(O)cc(OC)cc3OC)C2=O)cc1. The number of imide groups is 2. The van der Waals surface area contributed by atoms with Gasteiger partial charge in [0.2, 0.25) is 11.8 Å². The number of fused-ring (bicyclic) bond motifs is 4. The van der Waals surface area contributed by atoms with E-state index < -0.39 is 58.5 Å². The lowest BCUT2D eigenvalue weighted by Gasteiger charge is -2.50. The minimum Gasteiger partial charge on any atom is -0.507 e. The first-order valence-corrected chi connectivity index (χ1v) is 17.8. The lowest BCUT2D eigenvalue weighted by molar-refractivity contribution is -0.138. The number of carbonyl (C=O) groups excluding carboxylic acids is 4. The molecule has 4 aliphatic rings. The van der Waals surface area contributed by atoms with Gasteiger partial charge in [0.15, 0.2) is 0 Å². The van der Waals surface area contributed by atoms with E-state index in [-0.39, 0.29) is 41.5 Å². The van der Waals surface area contributed by atoms with Crippen molar-refractivity contribution in [1.82, 2.24) is 5.01 Å². The molecule has 2 heterocycles. The highest BCUT2D eigenvalue weighted by Crippen LogP contribution is 2.66. The van der Waals surface area contributed by atoms with Gasteiger partial charge in [-0.1, -0.05) is 60.2 Å². The molecule has 4 aromatic rings. The van der Waals surface area contributed by atoms with E-state index in [9.17, 15) is 23.9 Å². The molecule has 4 amide bonds. The van der Waals surface area contributed by atoms with Crippen molar-refractivity contribution in [2.24, 2.45) is 23.7 Å². The van der Waals surface area contributed by atoms with Crippen molar-refractivity contribution in [3.63, 3.8) is 0 Å². The number of methoxy groups -OCH3 is 2. The summed E-state index contributed by atoms with van der Waals surface area (Å²) in [5, 5.41) is 13.2. The molecule has 0 radical (unpaired) electrons. The van der Waals surface area contributed by atoms with Crippen LogP contribution in [0.4, 0.5) is 15.8 Å². The van der Waals surface area contributed by atoms with Crippen LogP contribution < -0.4 is 19.8 Å². The number of ether oxygens (including phenoxy) is 2. The zero-order chi connectivity index (χ0) is 38.1. The van der Waals surface area contributed by atoms with Gasteiger partial charge in [-0.15, -0.1) is 0 Å². The molecule has 274 valence electrons. The Bertz CT molecular complexity index is 2260. The number of halogens is 2. The minimum absolute atomic E-state index is 0.0276. The second-order valence-corrected chi connectivity index (χ2v) is 14.4. The van der Waals surface area contributed by atoms with Crippen LogP contribution in [0.15, 0.2) is 103 Å². The van der Waals surface area contributed by atoms with Crippen molar-refractivity contribution in [2.45, 2.75) is 24.2 Å². The summed E-state index contributed by atoms with van der Waals surface area (Å²) in [4.78, 5) is 60.2. The van der Waals surface area contributed by atoms with Crippen molar-refractivity contribution in [3.8, 4) is 17.2 Å². The van der Waals surface area contributed by atoms with Gasteiger partial charge in [-0.25, -0.2) is 4.39 Å². The van der Waals surface area contributed by atoms with Gasteiger partial charge < -0.3 is 14.6 Å². The van der Waals surface area contributed by atoms with Gasteiger partial charge in [-0.3, -0.25) is 29.5 Å². The van der Waals surface area contributed by atoms with Gasteiger partial charge in [0.25, 0.3) is 11.8 Å². The Hall–Kier alpha value is -5.94. The summed E-state index contributed by atoms with van der Waals surface area (Å²) in [7, 11) is 2.87. The number of carbonyl (C=O) groups is 4. The number of rotatable bonds is 8. The van der Waals surface area contributed by atoms with Crippen LogP contribution in [0.3, 0.4) is 0 Å². The Morgan fingerprint density at radius 3 is 2.26 bits per heavy atom. The second kappa shape index (κ2) is 13.2. The van der Waals surface area contributed by atoms with E-state index >= 15 is 4.79 Å². The van der Waals surface area contributed by atoms with E-state index in [0.717, 1.165) is 10.6 Å². The molecule has 6 atom stereocenters. The molecule has 54 heavy (non-hydrogen) atoms. The summed E-state index contributed by atoms with van der Waals surface area (Å²) in [6.07, 6.45) is 3.76. The van der Waals surface area contributed by atoms with E-state index in [2.05, 4.69) is 12.0 Å². The largest absolute Gasteiger partial charge is 0.507 e. The molecule has 0 aromatic heterocycles. The van der Waals surface area contributed by atoms with Gasteiger partial charge in [-0.05, 0) is 78.4 Å². The number of anilines is 2. The Labute approximate surface area is 315 Å². The van der Waals surface area contributed by atoms with E-state index in [4.69, 9.17) is 21.1 Å². The predicted octanol–water partition coefficient (Wildman–Crippen LogP) is 7.03. The molecule has 2 aliphatic carbocycles. The van der Waals surface area contributed by atoms with E-state index in [0.29, 0.717) is 27.6 Å². The average Bonchev–Trinajstić information content (AvgIpc) is 3.56. The molecule has 2 N–H and O–H groups in total. The number of phenolic OH excluding ortho intramolecular Hbond substituents is 1. The minimum atomic E-state index is -1.71. The third-order valence-corrected chi connectivity index (χ3v) is 11.7. The Kier molecular flexibility index (Phi) is 8.56. The number of hydrogen-bond donors (Lipinski definition) is 2. The Morgan fingerprint density at radius 1 is 0.907 bits per heavy atom. The van der Waals surface area contributed by atoms with Crippen LogP contribution in [0.1, 0.15) is 35.4 Å². The first kappa shape index (κ1) is 35.1. The van der Waals surface area contributed by atoms with Crippen LogP contribution >= 0.6 is 11.6 Å².